The molecule has 9 heterocycles. The number of hydrogen-bond donors (Lipinski definition) is 0. The zero-order chi connectivity index (χ0) is 29.7. The number of rotatable bonds is 0. The Morgan fingerprint density at radius 2 is 1.57 bits per heavy atom. The highest BCUT2D eigenvalue weighted by atomic mass is 28.3. The van der Waals surface area contributed by atoms with Crippen molar-refractivity contribution >= 4 is 56.4 Å². The van der Waals surface area contributed by atoms with Crippen LogP contribution in [0.4, 0.5) is 5.69 Å². The molecule has 0 bridgehead atoms. The SMILES string of the molecule is Cc1cc2n(n1)[N+]13c4c(ccc5c4-n4c6c(cccc6c6cnc[n+]1c64)[Si]51c4ccccc4-c4ccccc41)Oc1cccc-2[n+]13. The molecule has 9 heteroatoms. The molecule has 0 fully saturated rings. The van der Waals surface area contributed by atoms with Gasteiger partial charge in [0.2, 0.25) is 16.3 Å². The number of para-hydroxylation sites is 1. The molecule has 13 rings (SSSR count). The van der Waals surface area contributed by atoms with Gasteiger partial charge in [0.15, 0.2) is 13.8 Å². The van der Waals surface area contributed by atoms with Crippen molar-refractivity contribution in [3.63, 3.8) is 0 Å². The van der Waals surface area contributed by atoms with Crippen molar-refractivity contribution in [2.24, 2.45) is 0 Å². The molecule has 1 atom stereocenters. The Balaban J connectivity index is 1.36. The Labute approximate surface area is 262 Å². The second-order valence-electron chi connectivity index (χ2n) is 13.0. The van der Waals surface area contributed by atoms with E-state index in [2.05, 4.69) is 129 Å². The third-order valence-electron chi connectivity index (χ3n) is 11.1. The molecule has 2 spiro atoms. The van der Waals surface area contributed by atoms with Gasteiger partial charge in [-0.15, -0.1) is 10.1 Å². The lowest BCUT2D eigenvalue weighted by Gasteiger charge is -2.39. The van der Waals surface area contributed by atoms with Crippen LogP contribution in [0.25, 0.3) is 50.1 Å². The molecule has 0 saturated heterocycles. The monoisotopic (exact) mass is 608 g/mol. The van der Waals surface area contributed by atoms with Crippen molar-refractivity contribution in [2.45, 2.75) is 6.92 Å². The summed E-state index contributed by atoms with van der Waals surface area (Å²) in [6.45, 7) is 2.07. The van der Waals surface area contributed by atoms with Gasteiger partial charge in [0.25, 0.3) is 6.33 Å². The van der Waals surface area contributed by atoms with Crippen molar-refractivity contribution in [2.75, 3.05) is 0 Å². The highest BCUT2D eigenvalue weighted by molar-refractivity contribution is 7.23. The van der Waals surface area contributed by atoms with E-state index in [0.717, 1.165) is 45.4 Å². The van der Waals surface area contributed by atoms with Crippen LogP contribution in [0.5, 0.6) is 11.6 Å². The van der Waals surface area contributed by atoms with Gasteiger partial charge >= 0.3 is 22.9 Å². The summed E-state index contributed by atoms with van der Waals surface area (Å²) in [5.74, 6) is 1.60. The molecule has 8 aromatic rings. The van der Waals surface area contributed by atoms with Crippen LogP contribution < -0.4 is 39.6 Å². The highest BCUT2D eigenvalue weighted by Gasteiger charge is 2.72. The molecule has 0 saturated carbocycles. The summed E-state index contributed by atoms with van der Waals surface area (Å²) in [4.78, 5) is 7.26. The normalized spacial score (nSPS) is 18.5. The van der Waals surface area contributed by atoms with Gasteiger partial charge in [-0.2, -0.15) is 0 Å². The molecule has 0 radical (unpaired) electrons. The van der Waals surface area contributed by atoms with Gasteiger partial charge in [0.1, 0.15) is 11.7 Å². The molecule has 5 aliphatic heterocycles. The predicted octanol–water partition coefficient (Wildman–Crippen LogP) is 3.03. The van der Waals surface area contributed by atoms with Crippen LogP contribution >= 0.6 is 0 Å². The fourth-order valence-corrected chi connectivity index (χ4v) is 15.2. The molecule has 0 aliphatic carbocycles. The highest BCUT2D eigenvalue weighted by Crippen LogP contribution is 2.51. The molecule has 8 nitrogen and oxygen atoms in total. The maximum atomic E-state index is 6.88. The topological polar surface area (TPSA) is 52.6 Å². The summed E-state index contributed by atoms with van der Waals surface area (Å²) in [5.41, 5.74) is 10.4. The maximum Gasteiger partial charge on any atom is 0.437 e. The quantitative estimate of drug-likeness (QED) is 0.151. The summed E-state index contributed by atoms with van der Waals surface area (Å²) >= 11 is 0. The molecule has 4 aromatic carbocycles. The minimum absolute atomic E-state index is 0.164. The average Bonchev–Trinajstić information content (AvgIpc) is 3.81. The largest absolute Gasteiger partial charge is 0.437 e. The number of aromatic nitrogens is 6. The van der Waals surface area contributed by atoms with E-state index in [1.807, 2.05) is 12.5 Å². The second kappa shape index (κ2) is 6.84. The summed E-state index contributed by atoms with van der Waals surface area (Å²) in [7, 11) is -2.80. The summed E-state index contributed by atoms with van der Waals surface area (Å²) in [6, 6.07) is 38.2. The van der Waals surface area contributed by atoms with Crippen molar-refractivity contribution in [3.05, 3.63) is 121 Å². The minimum Gasteiger partial charge on any atom is -0.394 e. The Morgan fingerprint density at radius 3 is 2.41 bits per heavy atom. The number of hydrogen-bond acceptors (Lipinski definition) is 3. The average molecular weight is 609 g/mol. The van der Waals surface area contributed by atoms with E-state index in [1.165, 1.54) is 48.5 Å². The van der Waals surface area contributed by atoms with Crippen molar-refractivity contribution < 1.29 is 14.1 Å². The van der Waals surface area contributed by atoms with Crippen molar-refractivity contribution in [1.82, 2.24) is 24.3 Å². The van der Waals surface area contributed by atoms with E-state index in [0.29, 0.717) is 0 Å². The molecule has 0 N–H and O–H groups in total. The number of benzene rings is 4. The Kier molecular flexibility index (Phi) is 3.36. The number of quaternary nitrogens is 1. The Hall–Kier alpha value is -5.90. The lowest BCUT2D eigenvalue weighted by molar-refractivity contribution is -1.05. The third-order valence-corrected chi connectivity index (χ3v) is 16.0. The molecule has 0 amide bonds. The lowest BCUT2D eigenvalue weighted by Crippen LogP contribution is -2.89. The van der Waals surface area contributed by atoms with Gasteiger partial charge in [-0.05, 0) is 51.8 Å². The maximum absolute atomic E-state index is 6.88. The number of ether oxygens (including phenoxy) is 1. The van der Waals surface area contributed by atoms with E-state index >= 15 is 0 Å². The predicted molar refractivity (Wildman–Crippen MR) is 176 cm³/mol. The van der Waals surface area contributed by atoms with Gasteiger partial charge in [0, 0.05) is 26.1 Å². The van der Waals surface area contributed by atoms with Crippen LogP contribution in [-0.2, 0) is 0 Å². The smallest absolute Gasteiger partial charge is 0.394 e. The Morgan fingerprint density at radius 1 is 0.783 bits per heavy atom. The first-order chi connectivity index (χ1) is 22.7. The molecule has 46 heavy (non-hydrogen) atoms. The fraction of sp³-hybridized carbons (Fsp3) is 0.0270. The molecular formula is C37H22N7OSi+3. The van der Waals surface area contributed by atoms with Gasteiger partial charge in [-0.3, -0.25) is 0 Å². The van der Waals surface area contributed by atoms with Crippen LogP contribution in [0.1, 0.15) is 5.69 Å². The Bertz CT molecular complexity index is 2790. The van der Waals surface area contributed by atoms with Crippen LogP contribution in [0.3, 0.4) is 0 Å². The lowest BCUT2D eigenvalue weighted by atomic mass is 10.1. The van der Waals surface area contributed by atoms with Crippen molar-refractivity contribution in [3.8, 4) is 39.8 Å². The summed E-state index contributed by atoms with van der Waals surface area (Å²) in [6.07, 6.45) is 4.01. The van der Waals surface area contributed by atoms with E-state index in [-0.39, 0.29) is 4.81 Å². The van der Waals surface area contributed by atoms with E-state index < -0.39 is 8.07 Å². The third kappa shape index (κ3) is 1.97. The van der Waals surface area contributed by atoms with Gasteiger partial charge in [-0.25, -0.2) is 4.57 Å². The zero-order valence-corrected chi connectivity index (χ0v) is 25.5. The molecule has 212 valence electrons. The first kappa shape index (κ1) is 22.6. The molecular weight excluding hydrogens is 587 g/mol. The van der Waals surface area contributed by atoms with Gasteiger partial charge < -0.3 is 4.74 Å². The van der Waals surface area contributed by atoms with E-state index in [9.17, 15) is 0 Å². The number of aryl methyl sites for hydroxylation is 1. The minimum atomic E-state index is -2.80. The van der Waals surface area contributed by atoms with E-state index in [1.54, 1.807) is 0 Å². The van der Waals surface area contributed by atoms with Crippen molar-refractivity contribution in [1.29, 1.82) is 0 Å². The van der Waals surface area contributed by atoms with E-state index in [4.69, 9.17) is 14.8 Å². The zero-order valence-electron chi connectivity index (χ0n) is 24.5. The number of nitrogens with zero attached hydrogens (tertiary/aromatic N) is 7. The van der Waals surface area contributed by atoms with Crippen LogP contribution in [-0.4, -0.2) is 27.5 Å². The molecule has 4 aromatic heterocycles. The number of pyridine rings is 1. The summed E-state index contributed by atoms with van der Waals surface area (Å²) < 4.78 is 14.0. The molecule has 1 unspecified atom stereocenters. The first-order valence-electron chi connectivity index (χ1n) is 15.7. The van der Waals surface area contributed by atoms with Gasteiger partial charge in [0.05, 0.1) is 21.8 Å². The van der Waals surface area contributed by atoms with Crippen LogP contribution in [0, 0.1) is 6.92 Å². The van der Waals surface area contributed by atoms with Crippen LogP contribution in [0.15, 0.2) is 116 Å². The second-order valence-corrected chi connectivity index (χ2v) is 16.6. The number of fused-ring (bicyclic) bond motifs is 10. The molecule has 5 aliphatic rings. The standard InChI is InChI=1S/C37H22N7OSi/c1-21-18-27-26-11-7-15-33-42(26)44(43(27)39-21)36-28(45-33)16-17-32-35(36)41-34-24(25-19-38-20-40(44)37(25)41)10-6-14-31(34)46(32)29-12-4-2-8-22(29)23-9-3-5-13-30(23)46/h2-20H,1H3/q+3. The van der Waals surface area contributed by atoms with Gasteiger partial charge in [-0.1, -0.05) is 72.8 Å². The summed E-state index contributed by atoms with van der Waals surface area (Å²) in [5, 5.41) is 13.3. The fourth-order valence-electron chi connectivity index (χ4n) is 9.68. The van der Waals surface area contributed by atoms with Crippen LogP contribution in [0.2, 0.25) is 0 Å². The first-order valence-corrected chi connectivity index (χ1v) is 17.7.